The fourth-order valence-corrected chi connectivity index (χ4v) is 4.63. The first-order valence-electron chi connectivity index (χ1n) is 11.3. The highest BCUT2D eigenvalue weighted by atomic mass is 28.3. The number of nitrogens with zero attached hydrogens (tertiary/aromatic N) is 1. The summed E-state index contributed by atoms with van der Waals surface area (Å²) in [4.78, 5) is 41.4. The molecule has 1 heterocycles. The maximum absolute atomic E-state index is 11.8. The molecular formula is C20H38N6O5Si. The van der Waals surface area contributed by atoms with Gasteiger partial charge in [0.2, 0.25) is 5.95 Å². The van der Waals surface area contributed by atoms with E-state index in [1.54, 1.807) is 6.92 Å². The van der Waals surface area contributed by atoms with Gasteiger partial charge < -0.3 is 29.8 Å². The van der Waals surface area contributed by atoms with Gasteiger partial charge in [-0.05, 0) is 46.1 Å². The fraction of sp³-hybridized carbons (Fsp3) is 0.700. The highest BCUT2D eigenvalue weighted by Gasteiger charge is 2.11. The Morgan fingerprint density at radius 1 is 0.938 bits per heavy atom. The molecule has 0 aliphatic heterocycles. The second kappa shape index (κ2) is 17.2. The number of urea groups is 2. The van der Waals surface area contributed by atoms with E-state index in [1.165, 1.54) is 6.07 Å². The predicted octanol–water partition coefficient (Wildman–Crippen LogP) is 1.74. The molecule has 0 atom stereocenters. The number of aromatic amines is 1. The summed E-state index contributed by atoms with van der Waals surface area (Å²) in [6.45, 7) is 8.72. The van der Waals surface area contributed by atoms with E-state index in [1.807, 2.05) is 13.8 Å². The first-order chi connectivity index (χ1) is 15.4. The zero-order valence-electron chi connectivity index (χ0n) is 19.4. The van der Waals surface area contributed by atoms with Gasteiger partial charge in [0, 0.05) is 44.6 Å². The van der Waals surface area contributed by atoms with E-state index in [0.29, 0.717) is 38.5 Å². The maximum atomic E-state index is 11.8. The molecule has 11 nitrogen and oxygen atoms in total. The molecule has 1 aromatic rings. The summed E-state index contributed by atoms with van der Waals surface area (Å²) in [5, 5.41) is 10.9. The SMILES string of the molecule is CCO[SiH](CCCNC(=O)NCCCCCCNC(=O)Nc1nc(=O)cc(C)[nH]1)OCC. The van der Waals surface area contributed by atoms with Crippen molar-refractivity contribution in [3.8, 4) is 0 Å². The standard InChI is InChI=1S/C20H38N6O5Si/c1-4-30-32(31-5-2)14-10-13-22-19(28)21-11-8-6-7-9-12-23-20(29)26-18-24-16(3)15-17(27)25-18/h15,32H,4-14H2,1-3H3,(H2,21,22,28)(H3,23,24,25,26,27,29). The summed E-state index contributed by atoms with van der Waals surface area (Å²) in [6.07, 6.45) is 4.43. The number of nitrogens with one attached hydrogen (secondary N) is 5. The lowest BCUT2D eigenvalue weighted by Crippen LogP contribution is -2.37. The Bertz CT molecular complexity index is 727. The Kier molecular flexibility index (Phi) is 14.8. The molecule has 0 aromatic carbocycles. The Balaban J connectivity index is 1.98. The molecule has 0 unspecified atom stereocenters. The number of aryl methyl sites for hydroxylation is 1. The number of amides is 4. The third-order valence-corrected chi connectivity index (χ3v) is 6.68. The molecule has 1 rings (SSSR count). The molecule has 0 bridgehead atoms. The monoisotopic (exact) mass is 470 g/mol. The average molecular weight is 471 g/mol. The van der Waals surface area contributed by atoms with Crippen molar-refractivity contribution in [3.63, 3.8) is 0 Å². The van der Waals surface area contributed by atoms with Crippen molar-refractivity contribution in [2.45, 2.75) is 58.9 Å². The van der Waals surface area contributed by atoms with E-state index in [4.69, 9.17) is 8.85 Å². The van der Waals surface area contributed by atoms with Crippen LogP contribution in [0.3, 0.4) is 0 Å². The molecule has 4 amide bonds. The molecule has 32 heavy (non-hydrogen) atoms. The molecule has 0 saturated heterocycles. The lowest BCUT2D eigenvalue weighted by atomic mass is 10.2. The van der Waals surface area contributed by atoms with Crippen molar-refractivity contribution in [1.82, 2.24) is 25.9 Å². The van der Waals surface area contributed by atoms with Crippen LogP contribution >= 0.6 is 0 Å². The van der Waals surface area contributed by atoms with E-state index in [2.05, 4.69) is 31.2 Å². The van der Waals surface area contributed by atoms with Crippen LogP contribution in [-0.4, -0.2) is 64.2 Å². The Hall–Kier alpha value is -2.44. The van der Waals surface area contributed by atoms with Crippen LogP contribution in [0.15, 0.2) is 10.9 Å². The zero-order chi connectivity index (χ0) is 23.6. The van der Waals surface area contributed by atoms with Crippen LogP contribution in [0.25, 0.3) is 0 Å². The molecule has 0 radical (unpaired) electrons. The van der Waals surface area contributed by atoms with Gasteiger partial charge in [0.15, 0.2) is 0 Å². The van der Waals surface area contributed by atoms with Crippen molar-refractivity contribution in [3.05, 3.63) is 22.1 Å². The molecular weight excluding hydrogens is 432 g/mol. The molecule has 12 heteroatoms. The van der Waals surface area contributed by atoms with Gasteiger partial charge in [-0.3, -0.25) is 10.1 Å². The minimum Gasteiger partial charge on any atom is -0.397 e. The zero-order valence-corrected chi connectivity index (χ0v) is 20.6. The number of H-pyrrole nitrogens is 1. The van der Waals surface area contributed by atoms with Crippen LogP contribution in [0, 0.1) is 6.92 Å². The Morgan fingerprint density at radius 2 is 1.50 bits per heavy atom. The summed E-state index contributed by atoms with van der Waals surface area (Å²) in [5.41, 5.74) is 0.221. The maximum Gasteiger partial charge on any atom is 0.321 e. The summed E-state index contributed by atoms with van der Waals surface area (Å²) in [5.74, 6) is 0.127. The van der Waals surface area contributed by atoms with Crippen molar-refractivity contribution in [2.75, 3.05) is 38.2 Å². The minimum atomic E-state index is -1.59. The normalized spacial score (nSPS) is 10.8. The largest absolute Gasteiger partial charge is 0.397 e. The first-order valence-corrected chi connectivity index (χ1v) is 13.1. The summed E-state index contributed by atoms with van der Waals surface area (Å²) >= 11 is 0. The van der Waals surface area contributed by atoms with Crippen molar-refractivity contribution in [1.29, 1.82) is 0 Å². The number of aromatic nitrogens is 2. The second-order valence-electron chi connectivity index (χ2n) is 7.21. The minimum absolute atomic E-state index is 0.127. The number of carbonyl (C=O) groups is 2. The molecule has 0 fully saturated rings. The van der Waals surface area contributed by atoms with Crippen LogP contribution in [0.1, 0.15) is 51.6 Å². The van der Waals surface area contributed by atoms with E-state index >= 15 is 0 Å². The third-order valence-electron chi connectivity index (χ3n) is 4.39. The summed E-state index contributed by atoms with van der Waals surface area (Å²) in [7, 11) is -1.59. The van der Waals surface area contributed by atoms with Gasteiger partial charge in [-0.2, -0.15) is 4.98 Å². The van der Waals surface area contributed by atoms with E-state index in [-0.39, 0.29) is 12.0 Å². The topological polar surface area (TPSA) is 146 Å². The van der Waals surface area contributed by atoms with Gasteiger partial charge in [-0.1, -0.05) is 12.8 Å². The lowest BCUT2D eigenvalue weighted by Gasteiger charge is -2.14. The molecule has 0 spiro atoms. The number of hydrogen-bond donors (Lipinski definition) is 5. The van der Waals surface area contributed by atoms with Gasteiger partial charge >= 0.3 is 21.3 Å². The highest BCUT2D eigenvalue weighted by Crippen LogP contribution is 2.01. The number of hydrogen-bond acceptors (Lipinski definition) is 6. The molecule has 0 aliphatic rings. The van der Waals surface area contributed by atoms with E-state index in [9.17, 15) is 14.4 Å². The van der Waals surface area contributed by atoms with Crippen LogP contribution < -0.4 is 26.8 Å². The highest BCUT2D eigenvalue weighted by molar-refractivity contribution is 6.44. The average Bonchev–Trinajstić information content (AvgIpc) is 2.72. The number of unbranched alkanes of at least 4 members (excludes halogenated alkanes) is 3. The van der Waals surface area contributed by atoms with Gasteiger partial charge in [0.1, 0.15) is 0 Å². The van der Waals surface area contributed by atoms with Crippen molar-refractivity contribution < 1.29 is 18.4 Å². The fourth-order valence-electron chi connectivity index (χ4n) is 2.92. The van der Waals surface area contributed by atoms with Crippen LogP contribution in [0.5, 0.6) is 0 Å². The van der Waals surface area contributed by atoms with Crippen molar-refractivity contribution >= 4 is 27.3 Å². The predicted molar refractivity (Wildman–Crippen MR) is 126 cm³/mol. The molecule has 182 valence electrons. The summed E-state index contributed by atoms with van der Waals surface area (Å²) in [6, 6.07) is 1.67. The van der Waals surface area contributed by atoms with Crippen molar-refractivity contribution in [2.24, 2.45) is 0 Å². The number of rotatable bonds is 16. The van der Waals surface area contributed by atoms with Gasteiger partial charge in [0.25, 0.3) is 5.56 Å². The lowest BCUT2D eigenvalue weighted by molar-refractivity contribution is 0.212. The quantitative estimate of drug-likeness (QED) is 0.184. The number of carbonyl (C=O) groups excluding carboxylic acids is 2. The second-order valence-corrected chi connectivity index (χ2v) is 9.31. The van der Waals surface area contributed by atoms with Crippen LogP contribution in [0.2, 0.25) is 6.04 Å². The van der Waals surface area contributed by atoms with E-state index in [0.717, 1.165) is 38.1 Å². The molecule has 1 aromatic heterocycles. The summed E-state index contributed by atoms with van der Waals surface area (Å²) < 4.78 is 11.2. The first kappa shape index (κ1) is 27.6. The van der Waals surface area contributed by atoms with Crippen LogP contribution in [0.4, 0.5) is 15.5 Å². The van der Waals surface area contributed by atoms with Gasteiger partial charge in [0.05, 0.1) is 0 Å². The third kappa shape index (κ3) is 13.8. The molecule has 0 aliphatic carbocycles. The Morgan fingerprint density at radius 3 is 2.06 bits per heavy atom. The van der Waals surface area contributed by atoms with Gasteiger partial charge in [-0.25, -0.2) is 9.59 Å². The van der Waals surface area contributed by atoms with Crippen LogP contribution in [-0.2, 0) is 8.85 Å². The smallest absolute Gasteiger partial charge is 0.321 e. The van der Waals surface area contributed by atoms with E-state index < -0.39 is 20.9 Å². The molecule has 5 N–H and O–H groups in total. The molecule has 0 saturated carbocycles. The van der Waals surface area contributed by atoms with Gasteiger partial charge in [-0.15, -0.1) is 0 Å². The Labute approximate surface area is 191 Å². The number of anilines is 1.